The van der Waals surface area contributed by atoms with Crippen LogP contribution < -0.4 is 15.0 Å². The van der Waals surface area contributed by atoms with Crippen LogP contribution in [0.4, 0.5) is 5.69 Å². The summed E-state index contributed by atoms with van der Waals surface area (Å²) >= 11 is 0. The molecule has 0 atom stereocenters. The standard InChI is InChI=1S/C19H27N3O3/c1-5-10-20-17(23)19(2,3)18(24)22-13-11-21(12-14-22)15-6-8-16(25-4)9-7-15/h5-9H,1,10-14H2,2-4H3,(H,20,23). The molecule has 1 fully saturated rings. The average molecular weight is 345 g/mol. The van der Waals surface area contributed by atoms with Crippen LogP contribution in [0.2, 0.25) is 0 Å². The fourth-order valence-corrected chi connectivity index (χ4v) is 2.84. The molecule has 0 radical (unpaired) electrons. The molecule has 1 aromatic rings. The first-order chi connectivity index (χ1) is 11.9. The summed E-state index contributed by atoms with van der Waals surface area (Å²) in [5.74, 6) is 0.420. The largest absolute Gasteiger partial charge is 0.497 e. The van der Waals surface area contributed by atoms with Crippen LogP contribution in [-0.4, -0.2) is 56.5 Å². The second-order valence-electron chi connectivity index (χ2n) is 6.60. The number of nitrogens with one attached hydrogen (secondary N) is 1. The van der Waals surface area contributed by atoms with Crippen LogP contribution in [0.5, 0.6) is 5.75 Å². The maximum absolute atomic E-state index is 12.8. The summed E-state index contributed by atoms with van der Waals surface area (Å²) in [7, 11) is 1.65. The van der Waals surface area contributed by atoms with E-state index in [0.717, 1.165) is 24.5 Å². The van der Waals surface area contributed by atoms with E-state index < -0.39 is 5.41 Å². The molecule has 0 aliphatic carbocycles. The highest BCUT2D eigenvalue weighted by Gasteiger charge is 2.39. The Morgan fingerprint density at radius 1 is 1.20 bits per heavy atom. The number of piperazine rings is 1. The van der Waals surface area contributed by atoms with Gasteiger partial charge in [-0.3, -0.25) is 9.59 Å². The summed E-state index contributed by atoms with van der Waals surface area (Å²) in [6, 6.07) is 7.89. The van der Waals surface area contributed by atoms with Gasteiger partial charge in [-0.2, -0.15) is 0 Å². The number of hydrogen-bond acceptors (Lipinski definition) is 4. The van der Waals surface area contributed by atoms with E-state index in [2.05, 4.69) is 16.8 Å². The third-order valence-electron chi connectivity index (χ3n) is 4.51. The molecule has 0 aromatic heterocycles. The highest BCUT2D eigenvalue weighted by atomic mass is 16.5. The van der Waals surface area contributed by atoms with Gasteiger partial charge in [0, 0.05) is 38.4 Å². The van der Waals surface area contributed by atoms with Crippen LogP contribution in [-0.2, 0) is 9.59 Å². The molecule has 1 N–H and O–H groups in total. The average Bonchev–Trinajstić information content (AvgIpc) is 2.65. The minimum Gasteiger partial charge on any atom is -0.497 e. The lowest BCUT2D eigenvalue weighted by atomic mass is 9.90. The molecule has 136 valence electrons. The van der Waals surface area contributed by atoms with E-state index in [1.165, 1.54) is 0 Å². The Labute approximate surface area is 149 Å². The summed E-state index contributed by atoms with van der Waals surface area (Å²) in [6.07, 6.45) is 1.60. The van der Waals surface area contributed by atoms with Crippen molar-refractivity contribution in [1.82, 2.24) is 10.2 Å². The minimum atomic E-state index is -1.08. The van der Waals surface area contributed by atoms with Gasteiger partial charge in [-0.25, -0.2) is 0 Å². The molecule has 6 heteroatoms. The number of anilines is 1. The summed E-state index contributed by atoms with van der Waals surface area (Å²) in [6.45, 7) is 9.95. The van der Waals surface area contributed by atoms with Gasteiger partial charge < -0.3 is 19.9 Å². The second-order valence-corrected chi connectivity index (χ2v) is 6.60. The van der Waals surface area contributed by atoms with Crippen molar-refractivity contribution in [3.8, 4) is 5.75 Å². The van der Waals surface area contributed by atoms with E-state index in [1.807, 2.05) is 24.3 Å². The molecule has 1 aromatic carbocycles. The lowest BCUT2D eigenvalue weighted by Crippen LogP contribution is -2.55. The fourth-order valence-electron chi connectivity index (χ4n) is 2.84. The van der Waals surface area contributed by atoms with Gasteiger partial charge in [0.05, 0.1) is 7.11 Å². The van der Waals surface area contributed by atoms with Crippen molar-refractivity contribution >= 4 is 17.5 Å². The van der Waals surface area contributed by atoms with Crippen molar-refractivity contribution < 1.29 is 14.3 Å². The molecule has 0 saturated carbocycles. The van der Waals surface area contributed by atoms with Gasteiger partial charge in [0.15, 0.2) is 0 Å². The van der Waals surface area contributed by atoms with Crippen LogP contribution in [0, 0.1) is 5.41 Å². The third-order valence-corrected chi connectivity index (χ3v) is 4.51. The number of ether oxygens (including phenoxy) is 1. The van der Waals surface area contributed by atoms with Gasteiger partial charge in [0.25, 0.3) is 0 Å². The number of carbonyl (C=O) groups excluding carboxylic acids is 2. The van der Waals surface area contributed by atoms with Gasteiger partial charge in [0.1, 0.15) is 11.2 Å². The lowest BCUT2D eigenvalue weighted by Gasteiger charge is -2.39. The van der Waals surface area contributed by atoms with Gasteiger partial charge >= 0.3 is 0 Å². The predicted octanol–water partition coefficient (Wildman–Crippen LogP) is 1.67. The highest BCUT2D eigenvalue weighted by Crippen LogP contribution is 2.23. The molecule has 1 heterocycles. The Morgan fingerprint density at radius 2 is 1.80 bits per heavy atom. The van der Waals surface area contributed by atoms with Crippen molar-refractivity contribution in [3.05, 3.63) is 36.9 Å². The van der Waals surface area contributed by atoms with E-state index in [1.54, 1.807) is 31.9 Å². The van der Waals surface area contributed by atoms with Gasteiger partial charge in [-0.05, 0) is 38.1 Å². The first-order valence-corrected chi connectivity index (χ1v) is 8.47. The zero-order valence-electron chi connectivity index (χ0n) is 15.2. The molecule has 1 aliphatic heterocycles. The topological polar surface area (TPSA) is 61.9 Å². The molecule has 2 amide bonds. The van der Waals surface area contributed by atoms with Crippen LogP contribution in [0.1, 0.15) is 13.8 Å². The first-order valence-electron chi connectivity index (χ1n) is 8.47. The number of nitrogens with zero attached hydrogens (tertiary/aromatic N) is 2. The Balaban J connectivity index is 1.95. The van der Waals surface area contributed by atoms with E-state index >= 15 is 0 Å². The number of amides is 2. The molecule has 0 spiro atoms. The Hall–Kier alpha value is -2.50. The van der Waals surface area contributed by atoms with E-state index in [0.29, 0.717) is 19.6 Å². The summed E-state index contributed by atoms with van der Waals surface area (Å²) < 4.78 is 5.18. The van der Waals surface area contributed by atoms with E-state index in [-0.39, 0.29) is 11.8 Å². The van der Waals surface area contributed by atoms with E-state index in [4.69, 9.17) is 4.74 Å². The van der Waals surface area contributed by atoms with Crippen LogP contribution in [0.3, 0.4) is 0 Å². The molecular formula is C19H27N3O3. The van der Waals surface area contributed by atoms with E-state index in [9.17, 15) is 9.59 Å². The second kappa shape index (κ2) is 8.05. The summed E-state index contributed by atoms with van der Waals surface area (Å²) in [5.41, 5.74) is 0.0292. The summed E-state index contributed by atoms with van der Waals surface area (Å²) in [5, 5.41) is 2.71. The summed E-state index contributed by atoms with van der Waals surface area (Å²) in [4.78, 5) is 29.0. The van der Waals surface area contributed by atoms with Crippen molar-refractivity contribution in [3.63, 3.8) is 0 Å². The monoisotopic (exact) mass is 345 g/mol. The molecule has 1 saturated heterocycles. The normalized spacial score (nSPS) is 14.8. The maximum atomic E-state index is 12.8. The van der Waals surface area contributed by atoms with Gasteiger partial charge in [-0.15, -0.1) is 6.58 Å². The quantitative estimate of drug-likeness (QED) is 0.629. The fraction of sp³-hybridized carbons (Fsp3) is 0.474. The van der Waals surface area contributed by atoms with Crippen LogP contribution in [0.15, 0.2) is 36.9 Å². The Kier molecular flexibility index (Phi) is 6.07. The number of rotatable bonds is 6. The van der Waals surface area contributed by atoms with Gasteiger partial charge in [-0.1, -0.05) is 6.08 Å². The lowest BCUT2D eigenvalue weighted by molar-refractivity contribution is -0.148. The van der Waals surface area contributed by atoms with Crippen molar-refractivity contribution in [2.75, 3.05) is 44.7 Å². The molecule has 6 nitrogen and oxygen atoms in total. The highest BCUT2D eigenvalue weighted by molar-refractivity contribution is 6.04. The van der Waals surface area contributed by atoms with Crippen molar-refractivity contribution in [2.24, 2.45) is 5.41 Å². The number of hydrogen-bond donors (Lipinski definition) is 1. The van der Waals surface area contributed by atoms with Crippen LogP contribution >= 0.6 is 0 Å². The smallest absolute Gasteiger partial charge is 0.237 e. The van der Waals surface area contributed by atoms with Crippen LogP contribution in [0.25, 0.3) is 0 Å². The first kappa shape index (κ1) is 18.8. The number of carbonyl (C=O) groups is 2. The van der Waals surface area contributed by atoms with Gasteiger partial charge in [0.2, 0.25) is 11.8 Å². The zero-order chi connectivity index (χ0) is 18.4. The van der Waals surface area contributed by atoms with Crippen molar-refractivity contribution in [1.29, 1.82) is 0 Å². The molecule has 2 rings (SSSR count). The van der Waals surface area contributed by atoms with Crippen molar-refractivity contribution in [2.45, 2.75) is 13.8 Å². The SMILES string of the molecule is C=CCNC(=O)C(C)(C)C(=O)N1CCN(c2ccc(OC)cc2)CC1. The molecule has 25 heavy (non-hydrogen) atoms. The molecule has 1 aliphatic rings. The predicted molar refractivity (Wildman–Crippen MR) is 98.8 cm³/mol. The molecule has 0 unspecified atom stereocenters. The molecular weight excluding hydrogens is 318 g/mol. The Bertz CT molecular complexity index is 617. The number of methoxy groups -OCH3 is 1. The third kappa shape index (κ3) is 4.32. The molecule has 0 bridgehead atoms. The zero-order valence-corrected chi connectivity index (χ0v) is 15.2. The maximum Gasteiger partial charge on any atom is 0.237 e. The minimum absolute atomic E-state index is 0.136. The Morgan fingerprint density at radius 3 is 2.32 bits per heavy atom. The number of benzene rings is 1.